The first-order valence-electron chi connectivity index (χ1n) is 7.00. The van der Waals surface area contributed by atoms with Gasteiger partial charge in [0.05, 0.1) is 0 Å². The Labute approximate surface area is 134 Å². The molecule has 1 atom stereocenters. The van der Waals surface area contributed by atoms with Gasteiger partial charge in [0, 0.05) is 10.9 Å². The van der Waals surface area contributed by atoms with E-state index in [1.165, 1.54) is 16.8 Å². The number of nitrogens with zero attached hydrogens (tertiary/aromatic N) is 3. The van der Waals surface area contributed by atoms with E-state index in [1.807, 2.05) is 0 Å². The molecular formula is C15H19N5OS. The lowest BCUT2D eigenvalue weighted by Gasteiger charge is -2.13. The zero-order valence-electron chi connectivity index (χ0n) is 12.6. The van der Waals surface area contributed by atoms with Crippen LogP contribution in [0.2, 0.25) is 0 Å². The summed E-state index contributed by atoms with van der Waals surface area (Å²) in [6.45, 7) is 2.08. The van der Waals surface area contributed by atoms with Crippen molar-refractivity contribution in [3.63, 3.8) is 0 Å². The highest BCUT2D eigenvalue weighted by molar-refractivity contribution is 7.98. The molecule has 0 saturated carbocycles. The zero-order valence-corrected chi connectivity index (χ0v) is 13.4. The van der Waals surface area contributed by atoms with Crippen LogP contribution in [-0.4, -0.2) is 33.7 Å². The molecule has 22 heavy (non-hydrogen) atoms. The Hall–Kier alpha value is -2.15. The van der Waals surface area contributed by atoms with Crippen molar-refractivity contribution >= 4 is 30.1 Å². The molecule has 2 N–H and O–H groups in total. The van der Waals surface area contributed by atoms with E-state index in [0.717, 1.165) is 12.8 Å². The summed E-state index contributed by atoms with van der Waals surface area (Å²) in [7, 11) is 0. The van der Waals surface area contributed by atoms with E-state index in [4.69, 9.17) is 0 Å². The van der Waals surface area contributed by atoms with Crippen molar-refractivity contribution in [1.82, 2.24) is 15.0 Å². The van der Waals surface area contributed by atoms with Gasteiger partial charge in [-0.25, -0.2) is 9.97 Å². The van der Waals surface area contributed by atoms with Crippen molar-refractivity contribution in [1.29, 1.82) is 0 Å². The average Bonchev–Trinajstić information content (AvgIpc) is 2.54. The lowest BCUT2D eigenvalue weighted by atomic mass is 10.1. The van der Waals surface area contributed by atoms with Gasteiger partial charge in [-0.15, -0.1) is 11.8 Å². The third-order valence-corrected chi connectivity index (χ3v) is 3.90. The maximum absolute atomic E-state index is 10.4. The molecule has 1 aromatic carbocycles. The number of anilines is 2. The fourth-order valence-corrected chi connectivity index (χ4v) is 2.36. The molecule has 0 spiro atoms. The Morgan fingerprint density at radius 1 is 1.23 bits per heavy atom. The molecule has 2 rings (SSSR count). The van der Waals surface area contributed by atoms with Crippen LogP contribution in [0.1, 0.15) is 18.9 Å². The molecule has 116 valence electrons. The summed E-state index contributed by atoms with van der Waals surface area (Å²) < 4.78 is 0. The van der Waals surface area contributed by atoms with Crippen molar-refractivity contribution < 1.29 is 4.79 Å². The first-order valence-corrected chi connectivity index (χ1v) is 8.22. The van der Waals surface area contributed by atoms with Crippen LogP contribution >= 0.6 is 11.8 Å². The molecule has 0 aliphatic carbocycles. The standard InChI is InChI=1S/C15H19N5OS/c1-11(3-4-12-5-7-13(22-2)8-6-12)19-15-17-9-16-14(20-15)18-10-21/h5-11H,3-4H2,1-2H3,(H2,16,17,18,19,20,21). The lowest BCUT2D eigenvalue weighted by Crippen LogP contribution is -2.18. The number of amides is 1. The number of aromatic nitrogens is 3. The van der Waals surface area contributed by atoms with Crippen molar-refractivity contribution in [2.75, 3.05) is 16.9 Å². The summed E-state index contributed by atoms with van der Waals surface area (Å²) in [6, 6.07) is 8.82. The molecule has 0 aliphatic heterocycles. The minimum Gasteiger partial charge on any atom is -0.352 e. The van der Waals surface area contributed by atoms with Gasteiger partial charge < -0.3 is 5.32 Å². The molecule has 0 bridgehead atoms. The van der Waals surface area contributed by atoms with Gasteiger partial charge in [0.25, 0.3) is 0 Å². The fraction of sp³-hybridized carbons (Fsp3) is 0.333. The molecule has 1 heterocycles. The number of thioether (sulfide) groups is 1. The van der Waals surface area contributed by atoms with Crippen LogP contribution in [-0.2, 0) is 11.2 Å². The first-order chi connectivity index (χ1) is 10.7. The van der Waals surface area contributed by atoms with Gasteiger partial charge in [-0.1, -0.05) is 12.1 Å². The number of hydrogen-bond acceptors (Lipinski definition) is 6. The maximum atomic E-state index is 10.4. The highest BCUT2D eigenvalue weighted by atomic mass is 32.2. The summed E-state index contributed by atoms with van der Waals surface area (Å²) >= 11 is 1.74. The number of nitrogens with one attached hydrogen (secondary N) is 2. The normalized spacial score (nSPS) is 11.7. The molecule has 7 heteroatoms. The molecule has 0 saturated heterocycles. The second-order valence-corrected chi connectivity index (χ2v) is 5.71. The number of rotatable bonds is 8. The SMILES string of the molecule is CSc1ccc(CCC(C)Nc2ncnc(NC=O)n2)cc1. The number of aryl methyl sites for hydroxylation is 1. The third kappa shape index (κ3) is 5.00. The Kier molecular flexibility index (Phi) is 6.14. The van der Waals surface area contributed by atoms with Gasteiger partial charge in [0.2, 0.25) is 18.3 Å². The van der Waals surface area contributed by atoms with Crippen LogP contribution < -0.4 is 10.6 Å². The summed E-state index contributed by atoms with van der Waals surface area (Å²) in [5, 5.41) is 5.62. The van der Waals surface area contributed by atoms with Gasteiger partial charge in [-0.05, 0) is 43.7 Å². The van der Waals surface area contributed by atoms with E-state index < -0.39 is 0 Å². The maximum Gasteiger partial charge on any atom is 0.233 e. The summed E-state index contributed by atoms with van der Waals surface area (Å²) in [5.41, 5.74) is 1.31. The van der Waals surface area contributed by atoms with E-state index in [-0.39, 0.29) is 12.0 Å². The zero-order chi connectivity index (χ0) is 15.8. The topological polar surface area (TPSA) is 79.8 Å². The Bertz CT molecular complexity index is 605. The molecule has 0 aliphatic rings. The third-order valence-electron chi connectivity index (χ3n) is 3.16. The first kappa shape index (κ1) is 16.2. The van der Waals surface area contributed by atoms with Crippen molar-refractivity contribution in [2.24, 2.45) is 0 Å². The molecule has 6 nitrogen and oxygen atoms in total. The number of benzene rings is 1. The van der Waals surface area contributed by atoms with Gasteiger partial charge in [0.1, 0.15) is 6.33 Å². The lowest BCUT2D eigenvalue weighted by molar-refractivity contribution is -0.105. The predicted molar refractivity (Wildman–Crippen MR) is 89.1 cm³/mol. The average molecular weight is 317 g/mol. The quantitative estimate of drug-likeness (QED) is 0.575. The number of carbonyl (C=O) groups is 1. The van der Waals surface area contributed by atoms with Gasteiger partial charge >= 0.3 is 0 Å². The molecule has 0 fully saturated rings. The summed E-state index contributed by atoms with van der Waals surface area (Å²) in [6.07, 6.45) is 5.92. The van der Waals surface area contributed by atoms with E-state index in [1.54, 1.807) is 11.8 Å². The predicted octanol–water partition coefficient (Wildman–Crippen LogP) is 2.60. The number of carbonyl (C=O) groups excluding carboxylic acids is 1. The van der Waals surface area contributed by atoms with Crippen LogP contribution in [0.15, 0.2) is 35.5 Å². The smallest absolute Gasteiger partial charge is 0.233 e. The molecule has 1 unspecified atom stereocenters. The molecule has 2 aromatic rings. The second kappa shape index (κ2) is 8.33. The second-order valence-electron chi connectivity index (χ2n) is 4.83. The van der Waals surface area contributed by atoms with E-state index in [9.17, 15) is 4.79 Å². The van der Waals surface area contributed by atoms with Crippen molar-refractivity contribution in [3.8, 4) is 0 Å². The Morgan fingerprint density at radius 2 is 1.95 bits per heavy atom. The summed E-state index contributed by atoms with van der Waals surface area (Å²) in [5.74, 6) is 0.705. The van der Waals surface area contributed by atoms with E-state index in [2.05, 4.69) is 63.0 Å². The van der Waals surface area contributed by atoms with Crippen molar-refractivity contribution in [2.45, 2.75) is 30.7 Å². The minimum absolute atomic E-state index is 0.215. The van der Waals surface area contributed by atoms with Crippen LogP contribution in [0.5, 0.6) is 0 Å². The highest BCUT2D eigenvalue weighted by Gasteiger charge is 2.06. The molecule has 0 radical (unpaired) electrons. The van der Waals surface area contributed by atoms with Crippen LogP contribution in [0.3, 0.4) is 0 Å². The molecular weight excluding hydrogens is 298 g/mol. The van der Waals surface area contributed by atoms with E-state index >= 15 is 0 Å². The molecule has 1 amide bonds. The number of hydrogen-bond donors (Lipinski definition) is 2. The Morgan fingerprint density at radius 3 is 2.64 bits per heavy atom. The fourth-order valence-electron chi connectivity index (χ4n) is 1.96. The monoisotopic (exact) mass is 317 g/mol. The van der Waals surface area contributed by atoms with E-state index in [0.29, 0.717) is 12.4 Å². The van der Waals surface area contributed by atoms with Crippen molar-refractivity contribution in [3.05, 3.63) is 36.2 Å². The van der Waals surface area contributed by atoms with Crippen LogP contribution in [0, 0.1) is 0 Å². The van der Waals surface area contributed by atoms with Gasteiger partial charge in [-0.2, -0.15) is 4.98 Å². The molecule has 1 aromatic heterocycles. The van der Waals surface area contributed by atoms with Gasteiger partial charge in [0.15, 0.2) is 0 Å². The largest absolute Gasteiger partial charge is 0.352 e. The van der Waals surface area contributed by atoms with Crippen LogP contribution in [0.25, 0.3) is 0 Å². The minimum atomic E-state index is 0.215. The summed E-state index contributed by atoms with van der Waals surface area (Å²) in [4.78, 5) is 23.6. The highest BCUT2D eigenvalue weighted by Crippen LogP contribution is 2.16. The Balaban J connectivity index is 1.85. The van der Waals surface area contributed by atoms with Crippen LogP contribution in [0.4, 0.5) is 11.9 Å². The van der Waals surface area contributed by atoms with Gasteiger partial charge in [-0.3, -0.25) is 10.1 Å².